The second-order valence-corrected chi connectivity index (χ2v) is 15.5. The summed E-state index contributed by atoms with van der Waals surface area (Å²) in [6, 6.07) is 36.2. The molecule has 0 aliphatic rings. The van der Waals surface area contributed by atoms with Gasteiger partial charge >= 0.3 is 85.5 Å². The van der Waals surface area contributed by atoms with E-state index in [2.05, 4.69) is 78.4 Å². The van der Waals surface area contributed by atoms with Crippen molar-refractivity contribution in [2.75, 3.05) is 0 Å². The quantitative estimate of drug-likeness (QED) is 0.0706. The minimum absolute atomic E-state index is 0. The van der Waals surface area contributed by atoms with Crippen LogP contribution in [0.4, 0.5) is 50.4 Å². The van der Waals surface area contributed by atoms with Crippen molar-refractivity contribution < 1.29 is 69.8 Å². The smallest absolute Gasteiger partial charge is 0.254 e. The van der Waals surface area contributed by atoms with Gasteiger partial charge < -0.3 is 0 Å². The summed E-state index contributed by atoms with van der Waals surface area (Å²) in [7, 11) is -21.3. The number of hydrogen-bond acceptors (Lipinski definition) is 6. The number of aromatic nitrogens is 6. The third kappa shape index (κ3) is 18.7. The fourth-order valence-electron chi connectivity index (χ4n) is 4.73. The van der Waals surface area contributed by atoms with Gasteiger partial charge in [-0.05, 0) is 62.4 Å². The third-order valence-corrected chi connectivity index (χ3v) is 6.73. The molecule has 0 amide bonds. The van der Waals surface area contributed by atoms with E-state index in [0.717, 1.165) is 66.4 Å². The first kappa shape index (κ1) is 46.4. The number of rotatable bonds is 1. The zero-order valence-electron chi connectivity index (χ0n) is 29.2. The summed E-state index contributed by atoms with van der Waals surface area (Å²) in [5.41, 5.74) is 7.83. The van der Waals surface area contributed by atoms with Gasteiger partial charge in [0.15, 0.2) is 0 Å². The van der Waals surface area contributed by atoms with Crippen LogP contribution < -0.4 is 0 Å². The van der Waals surface area contributed by atoms with Crippen LogP contribution in [0.15, 0.2) is 134 Å². The van der Waals surface area contributed by atoms with Crippen molar-refractivity contribution in [1.29, 1.82) is 0 Å². The van der Waals surface area contributed by atoms with E-state index in [0.29, 0.717) is 0 Å². The Morgan fingerprint density at radius 2 is 0.561 bits per heavy atom. The van der Waals surface area contributed by atoms with Gasteiger partial charge in [-0.1, -0.05) is 60.7 Å². The van der Waals surface area contributed by atoms with Crippen molar-refractivity contribution in [3.63, 3.8) is 0 Å². The molecule has 6 aromatic heterocycles. The van der Waals surface area contributed by atoms with Gasteiger partial charge in [0, 0.05) is 57.7 Å². The first-order valence-electron chi connectivity index (χ1n) is 15.7. The van der Waals surface area contributed by atoms with Crippen LogP contribution in [0.25, 0.3) is 55.0 Å². The van der Waals surface area contributed by atoms with Gasteiger partial charge in [-0.15, -0.1) is 0 Å². The molecule has 0 aliphatic heterocycles. The minimum atomic E-state index is -10.7. The summed E-state index contributed by atoms with van der Waals surface area (Å²) in [6.45, 7) is 3.97. The summed E-state index contributed by atoms with van der Waals surface area (Å²) in [5.74, 6) is 0. The Labute approximate surface area is 328 Å². The summed E-state index contributed by atoms with van der Waals surface area (Å²) < 4.78 is 118. The monoisotopic (exact) mass is 936 g/mol. The molecule has 8 rings (SSSR count). The summed E-state index contributed by atoms with van der Waals surface area (Å²) >= 11 is 0. The van der Waals surface area contributed by atoms with Crippen LogP contribution in [-0.4, -0.2) is 29.9 Å². The molecule has 0 bridgehead atoms. The molecule has 0 atom stereocenters. The van der Waals surface area contributed by atoms with Gasteiger partial charge in [-0.2, -0.15) is 0 Å². The topological polar surface area (TPSA) is 77.3 Å². The number of benzene rings is 2. The first-order chi connectivity index (χ1) is 25.6. The minimum Gasteiger partial charge on any atom is -0.254 e. The van der Waals surface area contributed by atoms with Crippen molar-refractivity contribution in [2.24, 2.45) is 0 Å². The third-order valence-electron chi connectivity index (χ3n) is 6.73. The van der Waals surface area contributed by atoms with E-state index in [-0.39, 0.29) is 19.5 Å². The van der Waals surface area contributed by atoms with Crippen molar-refractivity contribution >= 4 is 59.2 Å². The number of fused-ring (bicyclic) bond motifs is 6. The molecular formula is C36H28F12N6P2Ru. The van der Waals surface area contributed by atoms with Gasteiger partial charge in [0.1, 0.15) is 0 Å². The zero-order chi connectivity index (χ0) is 41.5. The maximum absolute atomic E-state index is 10.7. The second kappa shape index (κ2) is 16.1. The van der Waals surface area contributed by atoms with Gasteiger partial charge in [0.25, 0.3) is 0 Å². The van der Waals surface area contributed by atoms with Crippen LogP contribution in [0.2, 0.25) is 0 Å². The predicted molar refractivity (Wildman–Crippen MR) is 198 cm³/mol. The molecule has 0 saturated carbocycles. The Kier molecular flexibility index (Phi) is 13.1. The maximum atomic E-state index is 9.87. The van der Waals surface area contributed by atoms with Crippen molar-refractivity contribution in [2.45, 2.75) is 13.8 Å². The van der Waals surface area contributed by atoms with Crippen LogP contribution in [-0.2, 0) is 19.5 Å². The first-order valence-corrected chi connectivity index (χ1v) is 19.8. The molecule has 304 valence electrons. The molecule has 0 N–H and O–H groups in total. The molecule has 8 aromatic rings. The zero-order valence-corrected chi connectivity index (χ0v) is 32.7. The molecule has 0 aliphatic carbocycles. The number of pyridine rings is 6. The summed E-state index contributed by atoms with van der Waals surface area (Å²) in [4.78, 5) is 26.2. The Balaban J connectivity index is 0.000000197. The maximum Gasteiger partial charge on any atom is 2.00 e. The Hall–Kier alpha value is -4.98. The Morgan fingerprint density at radius 3 is 0.772 bits per heavy atom. The van der Waals surface area contributed by atoms with Crippen LogP contribution in [0.5, 0.6) is 0 Å². The molecule has 2 aromatic carbocycles. The van der Waals surface area contributed by atoms with Crippen LogP contribution in [0.3, 0.4) is 0 Å². The second-order valence-electron chi connectivity index (χ2n) is 11.7. The standard InChI is InChI=1S/2C12H8N2.C12H12N2.2F6P.Ru/c2*1-3-9-5-6-10-4-2-8-14-12(10)11(9)13-7-1;1-9-5-3-7-11(13-9)12-8-4-6-10(2)14-12;2*1-7(2,3,4,5)6;/h2*1-8H;3-8H,1-2H3;;;/q;;;2*-1;+2. The van der Waals surface area contributed by atoms with Crippen molar-refractivity contribution in [3.05, 3.63) is 145 Å². The van der Waals surface area contributed by atoms with Gasteiger partial charge in [-0.3, -0.25) is 29.9 Å². The SMILES string of the molecule is Cc1cccc(-c2cccc(C)n2)n1.F[P-](F)(F)(F)(F)F.F[P-](F)(F)(F)(F)F.[Ru+2].c1cnc2c(c1)ccc1cccnc12.c1cnc2c(c1)ccc1cccnc12. The summed E-state index contributed by atoms with van der Waals surface area (Å²) in [5, 5.41) is 4.55. The fourth-order valence-corrected chi connectivity index (χ4v) is 4.73. The average molecular weight is 936 g/mol. The van der Waals surface area contributed by atoms with Crippen molar-refractivity contribution in [3.8, 4) is 11.4 Å². The summed E-state index contributed by atoms with van der Waals surface area (Å²) in [6.07, 6.45) is 7.21. The van der Waals surface area contributed by atoms with E-state index in [1.54, 1.807) is 24.8 Å². The number of aryl methyl sites for hydroxylation is 2. The fraction of sp³-hybridized carbons (Fsp3) is 0.0556. The van der Waals surface area contributed by atoms with E-state index in [9.17, 15) is 50.4 Å². The molecule has 21 heteroatoms. The largest absolute Gasteiger partial charge is 2.00 e. The van der Waals surface area contributed by atoms with E-state index in [1.165, 1.54) is 0 Å². The normalized spacial score (nSPS) is 13.5. The number of halogens is 12. The van der Waals surface area contributed by atoms with Gasteiger partial charge in [-0.25, -0.2) is 0 Å². The van der Waals surface area contributed by atoms with E-state index in [4.69, 9.17) is 0 Å². The van der Waals surface area contributed by atoms with E-state index < -0.39 is 15.6 Å². The molecule has 57 heavy (non-hydrogen) atoms. The van der Waals surface area contributed by atoms with E-state index in [1.807, 2.05) is 74.5 Å². The molecule has 0 spiro atoms. The predicted octanol–water partition coefficient (Wildman–Crippen LogP) is 15.1. The van der Waals surface area contributed by atoms with E-state index >= 15 is 0 Å². The van der Waals surface area contributed by atoms with Crippen LogP contribution in [0, 0.1) is 13.8 Å². The van der Waals surface area contributed by atoms with Gasteiger partial charge in [0.2, 0.25) is 0 Å². The molecule has 0 fully saturated rings. The molecular weight excluding hydrogens is 907 g/mol. The van der Waals surface area contributed by atoms with Gasteiger partial charge in [0.05, 0.1) is 33.5 Å². The van der Waals surface area contributed by atoms with Crippen LogP contribution >= 0.6 is 15.6 Å². The molecule has 6 heterocycles. The Morgan fingerprint density at radius 1 is 0.333 bits per heavy atom. The van der Waals surface area contributed by atoms with Crippen LogP contribution in [0.1, 0.15) is 11.4 Å². The molecule has 0 unspecified atom stereocenters. The molecule has 6 nitrogen and oxygen atoms in total. The number of hydrogen-bond donors (Lipinski definition) is 0. The number of nitrogens with zero attached hydrogens (tertiary/aromatic N) is 6. The average Bonchev–Trinajstić information content (AvgIpc) is 3.09. The molecule has 0 saturated heterocycles. The van der Waals surface area contributed by atoms with Crippen molar-refractivity contribution in [1.82, 2.24) is 29.9 Å². The molecule has 0 radical (unpaired) electrons. The Bertz CT molecular complexity index is 2320.